The first kappa shape index (κ1) is 26.5. The van der Waals surface area contributed by atoms with Crippen molar-refractivity contribution in [3.05, 3.63) is 53.9 Å². The average Bonchev–Trinajstić information content (AvgIpc) is 3.61. The van der Waals surface area contributed by atoms with E-state index in [1.165, 1.54) is 0 Å². The molecule has 7 rings (SSSR count). The molecular weight excluding hydrogens is 517 g/mol. The number of nitrogens with one attached hydrogen (secondary N) is 1. The van der Waals surface area contributed by atoms with Crippen molar-refractivity contribution >= 4 is 40.3 Å². The SMILES string of the molecule is COC[C@H]1C[C@@H](c2nc3ccc4cc5c(cc4c3[nH]2)OCc2cc(B3OC(C)(C)C(C)(C)O3)ccc2-5)N(C(C)=O)C1. The summed E-state index contributed by atoms with van der Waals surface area (Å²) < 4.78 is 24.3. The Morgan fingerprint density at radius 3 is 2.61 bits per heavy atom. The van der Waals surface area contributed by atoms with E-state index in [1.54, 1.807) is 14.0 Å². The van der Waals surface area contributed by atoms with Crippen molar-refractivity contribution < 1.29 is 23.6 Å². The van der Waals surface area contributed by atoms with Crippen molar-refractivity contribution in [2.75, 3.05) is 20.3 Å². The van der Waals surface area contributed by atoms with Crippen LogP contribution in [0.4, 0.5) is 0 Å². The Balaban J connectivity index is 1.24. The second kappa shape index (κ2) is 9.31. The predicted octanol–water partition coefficient (Wildman–Crippen LogP) is 5.13. The fraction of sp³-hybridized carbons (Fsp3) is 0.438. The van der Waals surface area contributed by atoms with E-state index >= 15 is 0 Å². The number of imidazole rings is 1. The van der Waals surface area contributed by atoms with E-state index < -0.39 is 7.12 Å². The molecule has 3 aliphatic rings. The quantitative estimate of drug-likeness (QED) is 0.353. The molecule has 0 bridgehead atoms. The molecule has 2 atom stereocenters. The van der Waals surface area contributed by atoms with Crippen molar-refractivity contribution in [3.8, 4) is 16.9 Å². The van der Waals surface area contributed by atoms with Crippen LogP contribution >= 0.6 is 0 Å². The number of methoxy groups -OCH3 is 1. The Kier molecular flexibility index (Phi) is 6.02. The Morgan fingerprint density at radius 1 is 1.10 bits per heavy atom. The van der Waals surface area contributed by atoms with Gasteiger partial charge in [-0.25, -0.2) is 4.98 Å². The number of nitrogens with zero attached hydrogens (tertiary/aromatic N) is 2. The molecule has 4 heterocycles. The summed E-state index contributed by atoms with van der Waals surface area (Å²) in [7, 11) is 1.30. The first-order chi connectivity index (χ1) is 19.5. The molecule has 0 spiro atoms. The van der Waals surface area contributed by atoms with Crippen LogP contribution in [0.2, 0.25) is 0 Å². The smallest absolute Gasteiger partial charge is 0.488 e. The third kappa shape index (κ3) is 4.25. The lowest BCUT2D eigenvalue weighted by molar-refractivity contribution is -0.130. The largest absolute Gasteiger partial charge is 0.494 e. The van der Waals surface area contributed by atoms with Gasteiger partial charge in [0, 0.05) is 37.4 Å². The first-order valence-electron chi connectivity index (χ1n) is 14.4. The Hall–Kier alpha value is -3.40. The molecule has 1 amide bonds. The zero-order valence-electron chi connectivity index (χ0n) is 24.5. The second-order valence-corrected chi connectivity index (χ2v) is 12.7. The molecule has 0 radical (unpaired) electrons. The summed E-state index contributed by atoms with van der Waals surface area (Å²) in [5, 5.41) is 2.16. The molecular formula is C32H36BN3O5. The molecule has 2 saturated heterocycles. The molecule has 0 aliphatic carbocycles. The fourth-order valence-corrected chi connectivity index (χ4v) is 6.50. The number of carbonyl (C=O) groups excluding carboxylic acids is 1. The van der Waals surface area contributed by atoms with Crippen molar-refractivity contribution in [2.24, 2.45) is 5.92 Å². The molecule has 1 aromatic heterocycles. The number of carbonyl (C=O) groups is 1. The molecule has 2 fully saturated rings. The fourth-order valence-electron chi connectivity index (χ4n) is 6.50. The summed E-state index contributed by atoms with van der Waals surface area (Å²) in [6, 6.07) is 14.8. The molecule has 1 N–H and O–H groups in total. The Morgan fingerprint density at radius 2 is 1.88 bits per heavy atom. The average molecular weight is 553 g/mol. The van der Waals surface area contributed by atoms with Crippen LogP contribution in [0.1, 0.15) is 58.5 Å². The number of ether oxygens (including phenoxy) is 2. The van der Waals surface area contributed by atoms with Gasteiger partial charge in [-0.3, -0.25) is 4.79 Å². The lowest BCUT2D eigenvalue weighted by atomic mass is 9.77. The molecule has 212 valence electrons. The zero-order valence-corrected chi connectivity index (χ0v) is 24.5. The molecule has 0 saturated carbocycles. The van der Waals surface area contributed by atoms with Crippen molar-refractivity contribution in [1.29, 1.82) is 0 Å². The van der Waals surface area contributed by atoms with Gasteiger partial charge in [-0.2, -0.15) is 0 Å². The molecule has 9 heteroatoms. The number of hydrogen-bond acceptors (Lipinski definition) is 6. The van der Waals surface area contributed by atoms with Gasteiger partial charge in [-0.15, -0.1) is 0 Å². The van der Waals surface area contributed by atoms with Crippen LogP contribution in [-0.4, -0.2) is 59.4 Å². The summed E-state index contributed by atoms with van der Waals surface area (Å²) >= 11 is 0. The number of aromatic amines is 1. The maximum absolute atomic E-state index is 12.4. The molecule has 3 aliphatic heterocycles. The first-order valence-corrected chi connectivity index (χ1v) is 14.4. The summed E-state index contributed by atoms with van der Waals surface area (Å²) in [6.45, 7) is 11.7. The highest BCUT2D eigenvalue weighted by Crippen LogP contribution is 2.43. The normalized spacial score (nSPS) is 22.7. The molecule has 0 unspecified atom stereocenters. The van der Waals surface area contributed by atoms with Crippen LogP contribution < -0.4 is 10.2 Å². The van der Waals surface area contributed by atoms with Crippen molar-refractivity contribution in [1.82, 2.24) is 14.9 Å². The van der Waals surface area contributed by atoms with Gasteiger partial charge >= 0.3 is 7.12 Å². The number of rotatable bonds is 4. The van der Waals surface area contributed by atoms with Crippen molar-refractivity contribution in [2.45, 2.75) is 64.9 Å². The second-order valence-electron chi connectivity index (χ2n) is 12.7. The number of amides is 1. The molecule has 41 heavy (non-hydrogen) atoms. The van der Waals surface area contributed by atoms with Gasteiger partial charge in [0.2, 0.25) is 5.91 Å². The van der Waals surface area contributed by atoms with Gasteiger partial charge in [0.1, 0.15) is 18.2 Å². The third-order valence-electron chi connectivity index (χ3n) is 9.43. The van der Waals surface area contributed by atoms with Crippen molar-refractivity contribution in [3.63, 3.8) is 0 Å². The lowest BCUT2D eigenvalue weighted by Gasteiger charge is -2.32. The Bertz CT molecular complexity index is 1680. The minimum atomic E-state index is -0.408. The molecule has 4 aromatic rings. The zero-order chi connectivity index (χ0) is 28.7. The highest BCUT2D eigenvalue weighted by molar-refractivity contribution is 6.62. The monoisotopic (exact) mass is 553 g/mol. The van der Waals surface area contributed by atoms with Crippen LogP contribution in [0.5, 0.6) is 5.75 Å². The minimum Gasteiger partial charge on any atom is -0.488 e. The van der Waals surface area contributed by atoms with Gasteiger partial charge in [-0.1, -0.05) is 24.3 Å². The van der Waals surface area contributed by atoms with Crippen LogP contribution in [0.15, 0.2) is 42.5 Å². The van der Waals surface area contributed by atoms with Gasteiger partial charge < -0.3 is 28.7 Å². The molecule has 8 nitrogen and oxygen atoms in total. The number of aromatic nitrogens is 2. The van der Waals surface area contributed by atoms with Crippen LogP contribution in [0, 0.1) is 5.92 Å². The number of likely N-dealkylation sites (tertiary alicyclic amines) is 1. The summed E-state index contributed by atoms with van der Waals surface area (Å²) in [4.78, 5) is 22.8. The molecule has 3 aromatic carbocycles. The number of hydrogen-bond donors (Lipinski definition) is 1. The van der Waals surface area contributed by atoms with Crippen LogP contribution in [0.25, 0.3) is 32.9 Å². The van der Waals surface area contributed by atoms with Gasteiger partial charge in [-0.05, 0) is 74.3 Å². The van der Waals surface area contributed by atoms with E-state index in [0.717, 1.165) is 62.0 Å². The third-order valence-corrected chi connectivity index (χ3v) is 9.43. The van der Waals surface area contributed by atoms with Gasteiger partial charge in [0.15, 0.2) is 0 Å². The van der Waals surface area contributed by atoms with Crippen LogP contribution in [-0.2, 0) is 25.4 Å². The highest BCUT2D eigenvalue weighted by Gasteiger charge is 2.51. The maximum Gasteiger partial charge on any atom is 0.494 e. The van der Waals surface area contributed by atoms with Gasteiger partial charge in [0.05, 0.1) is 34.9 Å². The van der Waals surface area contributed by atoms with E-state index in [0.29, 0.717) is 25.7 Å². The van der Waals surface area contributed by atoms with E-state index in [2.05, 4.69) is 75.1 Å². The van der Waals surface area contributed by atoms with E-state index in [4.69, 9.17) is 23.8 Å². The van der Waals surface area contributed by atoms with E-state index in [1.807, 2.05) is 4.90 Å². The topological polar surface area (TPSA) is 85.9 Å². The summed E-state index contributed by atoms with van der Waals surface area (Å²) in [5.41, 5.74) is 5.41. The maximum atomic E-state index is 12.4. The number of H-pyrrole nitrogens is 1. The summed E-state index contributed by atoms with van der Waals surface area (Å²) in [5.74, 6) is 2.02. The highest BCUT2D eigenvalue weighted by atomic mass is 16.7. The Labute approximate surface area is 240 Å². The van der Waals surface area contributed by atoms with Gasteiger partial charge in [0.25, 0.3) is 0 Å². The standard InChI is InChI=1S/C32H36BN3O5/c1-18(37)36-15-19(16-38-6)11-27(36)30-34-26-10-7-20-13-25-23-9-8-22(33-40-31(2,3)32(4,5)41-33)12-21(23)17-39-28(25)14-24(20)29(26)35-30/h7-10,12-14,19,27H,11,15-17H2,1-6H3,(H,34,35)/t19-,27-/m0/s1. The summed E-state index contributed by atoms with van der Waals surface area (Å²) in [6.07, 6.45) is 0.828. The minimum absolute atomic E-state index is 0.0571. The van der Waals surface area contributed by atoms with Crippen LogP contribution in [0.3, 0.4) is 0 Å². The van der Waals surface area contributed by atoms with E-state index in [9.17, 15) is 4.79 Å². The lowest BCUT2D eigenvalue weighted by Crippen LogP contribution is -2.41. The number of benzene rings is 3. The predicted molar refractivity (Wildman–Crippen MR) is 159 cm³/mol. The van der Waals surface area contributed by atoms with E-state index in [-0.39, 0.29) is 23.2 Å². The number of fused-ring (bicyclic) bond motifs is 6.